The van der Waals surface area contributed by atoms with Crippen LogP contribution in [0.5, 0.6) is 0 Å². The molecule has 4 nitrogen and oxygen atoms in total. The molecule has 0 fully saturated rings. The Morgan fingerprint density at radius 2 is 0.676 bits per heavy atom. The summed E-state index contributed by atoms with van der Waals surface area (Å²) < 4.78 is 6.63. The zero-order valence-electron chi connectivity index (χ0n) is 40.1. The molecule has 2 aromatic heterocycles. The highest BCUT2D eigenvalue weighted by Gasteiger charge is 2.52. The van der Waals surface area contributed by atoms with Gasteiger partial charge < -0.3 is 4.42 Å². The van der Waals surface area contributed by atoms with Crippen LogP contribution in [0.4, 0.5) is 0 Å². The van der Waals surface area contributed by atoms with E-state index < -0.39 is 5.41 Å². The minimum Gasteiger partial charge on any atom is -0.456 e. The maximum Gasteiger partial charge on any atom is 0.164 e. The van der Waals surface area contributed by atoms with E-state index in [-0.39, 0.29) is 0 Å². The van der Waals surface area contributed by atoms with E-state index in [2.05, 4.69) is 237 Å². The smallest absolute Gasteiger partial charge is 0.164 e. The van der Waals surface area contributed by atoms with Crippen LogP contribution < -0.4 is 0 Å². The lowest BCUT2D eigenvalue weighted by Gasteiger charge is -2.32. The fourth-order valence-electron chi connectivity index (χ4n) is 12.1. The van der Waals surface area contributed by atoms with Gasteiger partial charge in [0.1, 0.15) is 11.2 Å². The summed E-state index contributed by atoms with van der Waals surface area (Å²) in [6.45, 7) is 0. The average molecular weight is 942 g/mol. The lowest BCUT2D eigenvalue weighted by Crippen LogP contribution is -2.26. The molecule has 0 saturated carbocycles. The summed E-state index contributed by atoms with van der Waals surface area (Å²) in [5.41, 5.74) is 23.6. The Morgan fingerprint density at radius 3 is 1.35 bits per heavy atom. The molecule has 74 heavy (non-hydrogen) atoms. The first-order chi connectivity index (χ1) is 36.7. The number of aromatic nitrogens is 3. The Hall–Kier alpha value is -9.77. The number of hydrogen-bond donors (Lipinski definition) is 0. The number of benzene rings is 11. The third-order valence-corrected chi connectivity index (χ3v) is 15.4. The average Bonchev–Trinajstić information content (AvgIpc) is 4.12. The molecule has 2 heterocycles. The first kappa shape index (κ1) is 42.0. The SMILES string of the molecule is c1ccc(-c2ccc(-c3nc(-c4cccc(-c5ccccc5)c4)nc(-c4cccc5oc6ccc(-c7ccc(-c8cccc9c8C8(c%10ccccc%10-c%10ccccc%108)c8ccccc8-9)cc7)cc6c45)n3)cc2)cc1. The Bertz CT molecular complexity index is 4280. The van der Waals surface area contributed by atoms with Gasteiger partial charge in [-0.1, -0.05) is 237 Å². The Kier molecular flexibility index (Phi) is 9.45. The molecule has 4 heteroatoms. The second-order valence-electron chi connectivity index (χ2n) is 19.4. The zero-order valence-corrected chi connectivity index (χ0v) is 40.1. The van der Waals surface area contributed by atoms with E-state index in [4.69, 9.17) is 19.4 Å². The molecule has 0 N–H and O–H groups in total. The van der Waals surface area contributed by atoms with E-state index in [1.165, 1.54) is 55.6 Å². The molecule has 344 valence electrons. The zero-order chi connectivity index (χ0) is 48.7. The van der Waals surface area contributed by atoms with Crippen molar-refractivity contribution in [3.8, 4) is 101 Å². The van der Waals surface area contributed by atoms with Gasteiger partial charge in [0, 0.05) is 27.5 Å². The van der Waals surface area contributed by atoms with Gasteiger partial charge in [0.15, 0.2) is 17.5 Å². The lowest BCUT2D eigenvalue weighted by molar-refractivity contribution is 0.669. The second kappa shape index (κ2) is 16.7. The summed E-state index contributed by atoms with van der Waals surface area (Å²) in [7, 11) is 0. The minimum atomic E-state index is -0.432. The van der Waals surface area contributed by atoms with Crippen LogP contribution in [-0.2, 0) is 5.41 Å². The fraction of sp³-hybridized carbons (Fsp3) is 0.0143. The highest BCUT2D eigenvalue weighted by molar-refractivity contribution is 6.13. The summed E-state index contributed by atoms with van der Waals surface area (Å²) in [5.74, 6) is 1.77. The van der Waals surface area contributed by atoms with Crippen molar-refractivity contribution in [2.45, 2.75) is 5.41 Å². The third kappa shape index (κ3) is 6.45. The van der Waals surface area contributed by atoms with Crippen molar-refractivity contribution in [1.29, 1.82) is 0 Å². The maximum atomic E-state index is 6.63. The van der Waals surface area contributed by atoms with Crippen molar-refractivity contribution < 1.29 is 4.42 Å². The number of nitrogens with zero attached hydrogens (tertiary/aromatic N) is 3. The van der Waals surface area contributed by atoms with Gasteiger partial charge >= 0.3 is 0 Å². The van der Waals surface area contributed by atoms with Gasteiger partial charge in [0.2, 0.25) is 0 Å². The van der Waals surface area contributed by atoms with Crippen molar-refractivity contribution in [2.24, 2.45) is 0 Å². The first-order valence-corrected chi connectivity index (χ1v) is 25.2. The summed E-state index contributed by atoms with van der Waals surface area (Å²) in [6.07, 6.45) is 0. The van der Waals surface area contributed by atoms with Crippen LogP contribution in [-0.4, -0.2) is 15.0 Å². The van der Waals surface area contributed by atoms with Crippen LogP contribution >= 0.6 is 0 Å². The molecule has 2 aliphatic carbocycles. The predicted octanol–water partition coefficient (Wildman–Crippen LogP) is 17.8. The summed E-state index contributed by atoms with van der Waals surface area (Å²) in [6, 6.07) is 93.5. The predicted molar refractivity (Wildman–Crippen MR) is 301 cm³/mol. The molecular formula is C70H43N3O. The number of furan rings is 1. The highest BCUT2D eigenvalue weighted by Crippen LogP contribution is 2.64. The van der Waals surface area contributed by atoms with Crippen LogP contribution in [0.2, 0.25) is 0 Å². The van der Waals surface area contributed by atoms with E-state index in [0.29, 0.717) is 17.5 Å². The van der Waals surface area contributed by atoms with Gasteiger partial charge in [-0.05, 0) is 113 Å². The Balaban J connectivity index is 0.847. The van der Waals surface area contributed by atoms with Crippen LogP contribution in [0, 0.1) is 0 Å². The number of hydrogen-bond acceptors (Lipinski definition) is 4. The van der Waals surface area contributed by atoms with Gasteiger partial charge in [-0.25, -0.2) is 15.0 Å². The van der Waals surface area contributed by atoms with Crippen molar-refractivity contribution in [2.75, 3.05) is 0 Å². The van der Waals surface area contributed by atoms with Crippen molar-refractivity contribution in [1.82, 2.24) is 15.0 Å². The molecule has 0 aliphatic heterocycles. The molecule has 0 saturated heterocycles. The van der Waals surface area contributed by atoms with Crippen LogP contribution in [0.1, 0.15) is 22.3 Å². The maximum absolute atomic E-state index is 6.63. The summed E-state index contributed by atoms with van der Waals surface area (Å²) in [4.78, 5) is 15.7. The molecule has 0 atom stereocenters. The van der Waals surface area contributed by atoms with E-state index in [9.17, 15) is 0 Å². The van der Waals surface area contributed by atoms with Crippen molar-refractivity contribution in [3.63, 3.8) is 0 Å². The highest BCUT2D eigenvalue weighted by atomic mass is 16.3. The molecule has 2 aliphatic rings. The van der Waals surface area contributed by atoms with Gasteiger partial charge in [-0.15, -0.1) is 0 Å². The van der Waals surface area contributed by atoms with E-state index in [1.54, 1.807) is 0 Å². The monoisotopic (exact) mass is 941 g/mol. The van der Waals surface area contributed by atoms with Gasteiger partial charge in [-0.3, -0.25) is 0 Å². The minimum absolute atomic E-state index is 0.432. The van der Waals surface area contributed by atoms with Gasteiger partial charge in [-0.2, -0.15) is 0 Å². The quantitative estimate of drug-likeness (QED) is 0.160. The molecule has 0 radical (unpaired) electrons. The molecule has 15 rings (SSSR count). The molecular weight excluding hydrogens is 899 g/mol. The standard InChI is InChI=1S/C70H43N3O/c1-3-16-44(17-4-1)46-34-38-49(39-35-46)67-71-68(52-21-13-20-50(42-52)45-18-5-2-6-19-45)73-69(72-67)58-27-15-31-64-65(58)59-43-51(40-41-63(59)74-64)47-32-36-48(37-33-47)53-25-14-26-57-56-24-9-12-30-62(56)70(66(53)57)60-28-10-7-22-54(60)55-23-8-11-29-61(55)70/h1-43H. The van der Waals surface area contributed by atoms with Crippen LogP contribution in [0.3, 0.4) is 0 Å². The third-order valence-electron chi connectivity index (χ3n) is 15.4. The molecule has 0 amide bonds. The van der Waals surface area contributed by atoms with Gasteiger partial charge in [0.25, 0.3) is 0 Å². The number of fused-ring (bicyclic) bond motifs is 13. The van der Waals surface area contributed by atoms with E-state index >= 15 is 0 Å². The van der Waals surface area contributed by atoms with E-state index in [0.717, 1.165) is 72.0 Å². The summed E-state index contributed by atoms with van der Waals surface area (Å²) >= 11 is 0. The normalized spacial score (nSPS) is 12.7. The molecule has 11 aromatic carbocycles. The Labute approximate surface area is 428 Å². The lowest BCUT2D eigenvalue weighted by atomic mass is 9.68. The second-order valence-corrected chi connectivity index (χ2v) is 19.4. The fourth-order valence-corrected chi connectivity index (χ4v) is 12.1. The molecule has 1 spiro atoms. The van der Waals surface area contributed by atoms with Crippen molar-refractivity contribution in [3.05, 3.63) is 283 Å². The van der Waals surface area contributed by atoms with Crippen molar-refractivity contribution >= 4 is 21.9 Å². The molecule has 13 aromatic rings. The van der Waals surface area contributed by atoms with Crippen LogP contribution in [0.25, 0.3) is 123 Å². The topological polar surface area (TPSA) is 51.8 Å². The van der Waals surface area contributed by atoms with Gasteiger partial charge in [0.05, 0.1) is 5.41 Å². The summed E-state index contributed by atoms with van der Waals surface area (Å²) in [5, 5.41) is 1.96. The largest absolute Gasteiger partial charge is 0.456 e. The first-order valence-electron chi connectivity index (χ1n) is 25.2. The van der Waals surface area contributed by atoms with E-state index in [1.807, 2.05) is 24.3 Å². The molecule has 0 bridgehead atoms. The number of rotatable bonds is 7. The molecule has 0 unspecified atom stereocenters. The van der Waals surface area contributed by atoms with Crippen LogP contribution in [0.15, 0.2) is 265 Å². The Morgan fingerprint density at radius 1 is 0.257 bits per heavy atom.